The van der Waals surface area contributed by atoms with Gasteiger partial charge in [-0.25, -0.2) is 4.98 Å². The quantitative estimate of drug-likeness (QED) is 0.803. The minimum absolute atomic E-state index is 0.301. The van der Waals surface area contributed by atoms with Crippen molar-refractivity contribution in [3.63, 3.8) is 0 Å². The summed E-state index contributed by atoms with van der Waals surface area (Å²) in [6.07, 6.45) is 3.36. The molecule has 0 aliphatic carbocycles. The van der Waals surface area contributed by atoms with Gasteiger partial charge in [0.15, 0.2) is 5.82 Å². The molecule has 2 heterocycles. The van der Waals surface area contributed by atoms with E-state index >= 15 is 0 Å². The predicted molar refractivity (Wildman–Crippen MR) is 58.1 cm³/mol. The second-order valence-electron chi connectivity index (χ2n) is 3.59. The molecule has 0 atom stereocenters. The summed E-state index contributed by atoms with van der Waals surface area (Å²) < 4.78 is 1.97. The smallest absolute Gasteiger partial charge is 0.167 e. The third-order valence-electron chi connectivity index (χ3n) is 2.21. The van der Waals surface area contributed by atoms with Gasteiger partial charge in [-0.3, -0.25) is 0 Å². The highest BCUT2D eigenvalue weighted by Gasteiger charge is 2.12. The molecule has 0 saturated carbocycles. The Morgan fingerprint density at radius 2 is 2.20 bits per heavy atom. The Bertz CT molecular complexity index is 460. The third-order valence-corrected chi connectivity index (χ3v) is 2.21. The van der Waals surface area contributed by atoms with E-state index in [0.29, 0.717) is 11.9 Å². The lowest BCUT2D eigenvalue weighted by molar-refractivity contribution is 0.604. The van der Waals surface area contributed by atoms with Gasteiger partial charge in [0.2, 0.25) is 0 Å². The van der Waals surface area contributed by atoms with E-state index in [1.807, 2.05) is 16.7 Å². The number of aromatic nitrogens is 4. The number of nitrogen functional groups attached to an aromatic ring is 1. The summed E-state index contributed by atoms with van der Waals surface area (Å²) in [7, 11) is 0. The third kappa shape index (κ3) is 1.68. The van der Waals surface area contributed by atoms with Crippen molar-refractivity contribution in [2.75, 3.05) is 5.73 Å². The van der Waals surface area contributed by atoms with Crippen LogP contribution < -0.4 is 5.73 Å². The molecule has 2 N–H and O–H groups in total. The maximum atomic E-state index is 5.79. The van der Waals surface area contributed by atoms with E-state index in [4.69, 9.17) is 5.73 Å². The Kier molecular flexibility index (Phi) is 2.37. The lowest BCUT2D eigenvalue weighted by Gasteiger charge is -2.10. The molecule has 5 heteroatoms. The van der Waals surface area contributed by atoms with E-state index in [-0.39, 0.29) is 0 Å². The molecule has 2 aromatic heterocycles. The van der Waals surface area contributed by atoms with Crippen LogP contribution in [0.3, 0.4) is 0 Å². The standard InChI is InChI=1S/C10H13N5/c1-7(2)15-6-13-14-10(15)8-4-3-5-12-9(8)11/h3-7H,1-2H3,(H2,11,12). The largest absolute Gasteiger partial charge is 0.383 e. The fourth-order valence-corrected chi connectivity index (χ4v) is 1.42. The first kappa shape index (κ1) is 9.64. The predicted octanol–water partition coefficient (Wildman–Crippen LogP) is 1.50. The minimum atomic E-state index is 0.301. The minimum Gasteiger partial charge on any atom is -0.383 e. The van der Waals surface area contributed by atoms with Crippen LogP contribution in [0, 0.1) is 0 Å². The zero-order valence-electron chi connectivity index (χ0n) is 8.75. The number of hydrogen-bond donors (Lipinski definition) is 1. The van der Waals surface area contributed by atoms with Crippen LogP contribution in [0.1, 0.15) is 19.9 Å². The molecule has 0 aromatic carbocycles. The van der Waals surface area contributed by atoms with Crippen molar-refractivity contribution in [2.24, 2.45) is 0 Å². The van der Waals surface area contributed by atoms with Crippen molar-refractivity contribution in [1.82, 2.24) is 19.7 Å². The van der Waals surface area contributed by atoms with E-state index in [2.05, 4.69) is 29.0 Å². The molecule has 78 valence electrons. The second-order valence-corrected chi connectivity index (χ2v) is 3.59. The summed E-state index contributed by atoms with van der Waals surface area (Å²) in [5.74, 6) is 1.24. The van der Waals surface area contributed by atoms with Crippen LogP contribution in [0.4, 0.5) is 5.82 Å². The number of nitrogens with two attached hydrogens (primary N) is 1. The summed E-state index contributed by atoms with van der Waals surface area (Å²) >= 11 is 0. The molecule has 0 aliphatic heterocycles. The number of nitrogens with zero attached hydrogens (tertiary/aromatic N) is 4. The highest BCUT2D eigenvalue weighted by atomic mass is 15.3. The maximum Gasteiger partial charge on any atom is 0.167 e. The summed E-state index contributed by atoms with van der Waals surface area (Å²) in [4.78, 5) is 4.03. The number of hydrogen-bond acceptors (Lipinski definition) is 4. The van der Waals surface area contributed by atoms with Crippen molar-refractivity contribution in [3.8, 4) is 11.4 Å². The summed E-state index contributed by atoms with van der Waals surface area (Å²) in [6, 6.07) is 4.03. The Hall–Kier alpha value is -1.91. The van der Waals surface area contributed by atoms with Gasteiger partial charge < -0.3 is 10.3 Å². The molecule has 0 unspecified atom stereocenters. The van der Waals surface area contributed by atoms with Crippen LogP contribution in [0.5, 0.6) is 0 Å². The Morgan fingerprint density at radius 1 is 1.40 bits per heavy atom. The maximum absolute atomic E-state index is 5.79. The second kappa shape index (κ2) is 3.68. The van der Waals surface area contributed by atoms with E-state index in [9.17, 15) is 0 Å². The first-order chi connectivity index (χ1) is 7.20. The van der Waals surface area contributed by atoms with Crippen LogP contribution >= 0.6 is 0 Å². The molecule has 0 amide bonds. The molecule has 0 bridgehead atoms. The van der Waals surface area contributed by atoms with Crippen LogP contribution in [0.2, 0.25) is 0 Å². The fraction of sp³-hybridized carbons (Fsp3) is 0.300. The fourth-order valence-electron chi connectivity index (χ4n) is 1.42. The molecule has 0 aliphatic rings. The zero-order chi connectivity index (χ0) is 10.8. The molecule has 0 fully saturated rings. The average Bonchev–Trinajstić information content (AvgIpc) is 2.67. The van der Waals surface area contributed by atoms with Gasteiger partial charge in [-0.1, -0.05) is 0 Å². The SMILES string of the molecule is CC(C)n1cnnc1-c1cccnc1N. The van der Waals surface area contributed by atoms with Crippen LogP contribution in [0.15, 0.2) is 24.7 Å². The Morgan fingerprint density at radius 3 is 2.87 bits per heavy atom. The zero-order valence-corrected chi connectivity index (χ0v) is 8.75. The molecule has 15 heavy (non-hydrogen) atoms. The molecule has 0 saturated heterocycles. The van der Waals surface area contributed by atoms with Gasteiger partial charge >= 0.3 is 0 Å². The van der Waals surface area contributed by atoms with Crippen molar-refractivity contribution in [3.05, 3.63) is 24.7 Å². The van der Waals surface area contributed by atoms with E-state index < -0.39 is 0 Å². The van der Waals surface area contributed by atoms with Crippen molar-refractivity contribution < 1.29 is 0 Å². The van der Waals surface area contributed by atoms with E-state index in [1.165, 1.54) is 0 Å². The summed E-state index contributed by atoms with van der Waals surface area (Å²) in [5, 5.41) is 7.95. The van der Waals surface area contributed by atoms with E-state index in [1.54, 1.807) is 12.5 Å². The van der Waals surface area contributed by atoms with Crippen LogP contribution in [-0.2, 0) is 0 Å². The topological polar surface area (TPSA) is 69.6 Å². The van der Waals surface area contributed by atoms with Gasteiger partial charge in [-0.05, 0) is 26.0 Å². The average molecular weight is 203 g/mol. The molecule has 0 spiro atoms. The molecule has 2 aromatic rings. The molecule has 2 rings (SSSR count). The molecule has 5 nitrogen and oxygen atoms in total. The van der Waals surface area contributed by atoms with Crippen molar-refractivity contribution in [2.45, 2.75) is 19.9 Å². The number of pyridine rings is 1. The monoisotopic (exact) mass is 203 g/mol. The van der Waals surface area contributed by atoms with Gasteiger partial charge in [-0.15, -0.1) is 10.2 Å². The first-order valence-electron chi connectivity index (χ1n) is 4.80. The van der Waals surface area contributed by atoms with Crippen LogP contribution in [0.25, 0.3) is 11.4 Å². The molecular formula is C10H13N5. The first-order valence-corrected chi connectivity index (χ1v) is 4.80. The Balaban J connectivity index is 2.55. The van der Waals surface area contributed by atoms with Gasteiger partial charge in [0.05, 0.1) is 5.56 Å². The molecular weight excluding hydrogens is 190 g/mol. The number of anilines is 1. The lowest BCUT2D eigenvalue weighted by atomic mass is 10.2. The van der Waals surface area contributed by atoms with Crippen LogP contribution in [-0.4, -0.2) is 19.7 Å². The number of rotatable bonds is 2. The Labute approximate surface area is 88.0 Å². The summed E-state index contributed by atoms with van der Waals surface area (Å²) in [6.45, 7) is 4.14. The van der Waals surface area contributed by atoms with E-state index in [0.717, 1.165) is 11.4 Å². The van der Waals surface area contributed by atoms with Gasteiger partial charge in [0.25, 0.3) is 0 Å². The van der Waals surface area contributed by atoms with Gasteiger partial charge in [0.1, 0.15) is 12.1 Å². The van der Waals surface area contributed by atoms with Gasteiger partial charge in [-0.2, -0.15) is 0 Å². The van der Waals surface area contributed by atoms with Gasteiger partial charge in [0, 0.05) is 12.2 Å². The highest BCUT2D eigenvalue weighted by molar-refractivity contribution is 5.67. The van der Waals surface area contributed by atoms with Crippen molar-refractivity contribution >= 4 is 5.82 Å². The molecule has 0 radical (unpaired) electrons. The highest BCUT2D eigenvalue weighted by Crippen LogP contribution is 2.23. The lowest BCUT2D eigenvalue weighted by Crippen LogP contribution is -2.04. The summed E-state index contributed by atoms with van der Waals surface area (Å²) in [5.41, 5.74) is 6.61. The normalized spacial score (nSPS) is 10.9. The van der Waals surface area contributed by atoms with Crippen molar-refractivity contribution in [1.29, 1.82) is 0 Å².